The molecule has 13 nitrogen and oxygen atoms in total. The molecule has 6 rings (SSSR count). The molecule has 4 aromatic rings. The van der Waals surface area contributed by atoms with E-state index in [0.29, 0.717) is 57.5 Å². The van der Waals surface area contributed by atoms with Crippen LogP contribution in [0.4, 0.5) is 26.9 Å². The molecule has 2 atom stereocenters. The lowest BCUT2D eigenvalue weighted by Gasteiger charge is -2.19. The van der Waals surface area contributed by atoms with E-state index >= 15 is 0 Å². The van der Waals surface area contributed by atoms with Crippen molar-refractivity contribution < 1.29 is 33.7 Å². The van der Waals surface area contributed by atoms with E-state index in [4.69, 9.17) is 14.2 Å². The van der Waals surface area contributed by atoms with Gasteiger partial charge in [0.05, 0.1) is 37.0 Å². The Morgan fingerprint density at radius 2 is 1.86 bits per heavy atom. The fourth-order valence-corrected chi connectivity index (χ4v) is 5.70. The number of amides is 2. The second-order valence-corrected chi connectivity index (χ2v) is 11.5. The van der Waals surface area contributed by atoms with Gasteiger partial charge in [-0.1, -0.05) is 6.07 Å². The first-order valence-corrected chi connectivity index (χ1v) is 13.5. The van der Waals surface area contributed by atoms with Crippen LogP contribution >= 0.6 is 0 Å². The van der Waals surface area contributed by atoms with Gasteiger partial charge in [-0.2, -0.15) is 4.68 Å². The summed E-state index contributed by atoms with van der Waals surface area (Å²) >= 11 is 0. The first kappa shape index (κ1) is 27.9. The molecule has 2 aliphatic rings. The fraction of sp³-hybridized carbons (Fsp3) is 0.333. The number of carbonyl (C=O) groups is 3. The Hall–Kier alpha value is -5.20. The van der Waals surface area contributed by atoms with Gasteiger partial charge < -0.3 is 24.6 Å². The molecule has 3 heterocycles. The summed E-state index contributed by atoms with van der Waals surface area (Å²) in [6.07, 6.45) is -0.106. The quantitative estimate of drug-likeness (QED) is 0.319. The van der Waals surface area contributed by atoms with E-state index < -0.39 is 29.1 Å². The molecule has 222 valence electrons. The van der Waals surface area contributed by atoms with Gasteiger partial charge in [-0.25, -0.2) is 24.5 Å². The summed E-state index contributed by atoms with van der Waals surface area (Å²) in [5.41, 5.74) is 0.244. The molecule has 2 N–H and O–H groups in total. The summed E-state index contributed by atoms with van der Waals surface area (Å²) in [4.78, 5) is 48.4. The normalized spacial score (nSPS) is 19.0. The van der Waals surface area contributed by atoms with Crippen molar-refractivity contribution in [3.8, 4) is 11.5 Å². The Balaban J connectivity index is 1.46. The van der Waals surface area contributed by atoms with E-state index in [-0.39, 0.29) is 5.92 Å². The number of rotatable bonds is 5. The van der Waals surface area contributed by atoms with E-state index in [2.05, 4.69) is 20.4 Å². The second kappa shape index (κ2) is 9.68. The first-order valence-electron chi connectivity index (χ1n) is 13.5. The summed E-state index contributed by atoms with van der Waals surface area (Å²) in [5.74, 6) is 1.26. The van der Waals surface area contributed by atoms with Crippen molar-refractivity contribution in [1.82, 2.24) is 19.7 Å². The Kier molecular flexibility index (Phi) is 6.29. The zero-order chi connectivity index (χ0) is 30.8. The van der Waals surface area contributed by atoms with Gasteiger partial charge in [-0.15, -0.1) is 5.10 Å². The minimum absolute atomic E-state index is 0.321. The van der Waals surface area contributed by atoms with Crippen molar-refractivity contribution >= 4 is 46.3 Å². The second-order valence-electron chi connectivity index (χ2n) is 11.5. The van der Waals surface area contributed by atoms with Gasteiger partial charge in [0.15, 0.2) is 17.4 Å². The minimum Gasteiger partial charge on any atom is -0.497 e. The standard InChI is InChI=1S/C30H30N6O7/c1-15-31-14-23(42-6)25(32-15)33-24-18-9-7-16(11-22(18)36(34-24)28(40)43-29(2,3)4)20-13-30(20)19-12-17(41-5)8-10-21(19)35(26(30)37)27(38)39/h7-12,14,20H,13H2,1-6H3,(H,38,39)(H,31,32,33,34)/t20-,30-/m0/s1. The molecule has 0 unspecified atom stereocenters. The van der Waals surface area contributed by atoms with Gasteiger partial charge in [0.1, 0.15) is 17.2 Å². The van der Waals surface area contributed by atoms with E-state index in [9.17, 15) is 19.5 Å². The average molecular weight is 587 g/mol. The molecule has 2 aromatic heterocycles. The van der Waals surface area contributed by atoms with Crippen LogP contribution in [0.5, 0.6) is 11.5 Å². The Labute approximate surface area is 246 Å². The van der Waals surface area contributed by atoms with Crippen LogP contribution in [-0.4, -0.2) is 62.8 Å². The maximum atomic E-state index is 13.6. The number of benzene rings is 2. The lowest BCUT2D eigenvalue weighted by Crippen LogP contribution is -2.36. The fourth-order valence-electron chi connectivity index (χ4n) is 5.70. The van der Waals surface area contributed by atoms with Gasteiger partial charge in [-0.05, 0) is 75.6 Å². The van der Waals surface area contributed by atoms with E-state index in [1.54, 1.807) is 58.0 Å². The molecule has 1 aliphatic carbocycles. The molecule has 1 aliphatic heterocycles. The van der Waals surface area contributed by atoms with E-state index in [1.807, 2.05) is 6.07 Å². The number of aryl methyl sites for hydroxylation is 1. The van der Waals surface area contributed by atoms with Crippen LogP contribution in [0.15, 0.2) is 42.6 Å². The van der Waals surface area contributed by atoms with Gasteiger partial charge in [0.2, 0.25) is 5.91 Å². The molecule has 0 bridgehead atoms. The van der Waals surface area contributed by atoms with Crippen molar-refractivity contribution in [1.29, 1.82) is 0 Å². The van der Waals surface area contributed by atoms with Crippen molar-refractivity contribution in [2.45, 2.75) is 51.0 Å². The number of carboxylic acid groups (broad SMARTS) is 1. The molecule has 1 spiro atoms. The van der Waals surface area contributed by atoms with E-state index in [0.717, 1.165) is 10.5 Å². The highest BCUT2D eigenvalue weighted by Gasteiger charge is 2.68. The number of fused-ring (bicyclic) bond motifs is 3. The predicted octanol–water partition coefficient (Wildman–Crippen LogP) is 5.13. The van der Waals surface area contributed by atoms with Crippen molar-refractivity contribution in [3.05, 3.63) is 59.5 Å². The van der Waals surface area contributed by atoms with Crippen molar-refractivity contribution in [2.24, 2.45) is 0 Å². The lowest BCUT2D eigenvalue weighted by molar-refractivity contribution is -0.119. The van der Waals surface area contributed by atoms with Crippen LogP contribution < -0.4 is 19.7 Å². The molecular weight excluding hydrogens is 556 g/mol. The third-order valence-corrected chi connectivity index (χ3v) is 7.67. The number of ether oxygens (including phenoxy) is 3. The smallest absolute Gasteiger partial charge is 0.435 e. The zero-order valence-corrected chi connectivity index (χ0v) is 24.5. The monoisotopic (exact) mass is 586 g/mol. The van der Waals surface area contributed by atoms with Crippen LogP contribution in [0.1, 0.15) is 50.1 Å². The summed E-state index contributed by atoms with van der Waals surface area (Å²) in [7, 11) is 3.01. The number of aromatic nitrogens is 4. The maximum Gasteiger partial charge on any atom is 0.435 e. The van der Waals surface area contributed by atoms with Crippen LogP contribution in [-0.2, 0) is 14.9 Å². The first-order chi connectivity index (χ1) is 20.4. The summed E-state index contributed by atoms with van der Waals surface area (Å²) < 4.78 is 17.6. The predicted molar refractivity (Wildman–Crippen MR) is 156 cm³/mol. The van der Waals surface area contributed by atoms with Gasteiger partial charge in [0.25, 0.3) is 0 Å². The average Bonchev–Trinajstić information content (AvgIpc) is 3.53. The number of hydrogen-bond acceptors (Lipinski definition) is 10. The highest BCUT2D eigenvalue weighted by Crippen LogP contribution is 2.67. The highest BCUT2D eigenvalue weighted by atomic mass is 16.6. The van der Waals surface area contributed by atoms with Crippen LogP contribution in [0.3, 0.4) is 0 Å². The molecule has 2 aromatic carbocycles. The number of imide groups is 1. The summed E-state index contributed by atoms with van der Waals surface area (Å²) in [6.45, 7) is 7.02. The van der Waals surface area contributed by atoms with Gasteiger partial charge >= 0.3 is 12.2 Å². The van der Waals surface area contributed by atoms with E-state index in [1.165, 1.54) is 25.1 Å². The number of nitrogens with one attached hydrogen (secondary N) is 1. The SMILES string of the molecule is COc1ccc2c(c1)[C@]1(C[C@H]1c1ccc3c(Nc4nc(C)ncc4OC)nn(C(=O)OC(C)(C)C)c3c1)C(=O)N2C(=O)O. The molecule has 43 heavy (non-hydrogen) atoms. The number of anilines is 3. The number of methoxy groups -OCH3 is 2. The van der Waals surface area contributed by atoms with Gasteiger partial charge in [-0.3, -0.25) is 4.79 Å². The topological polar surface area (TPSA) is 158 Å². The number of hydrogen-bond donors (Lipinski definition) is 2. The Bertz CT molecular complexity index is 1830. The Morgan fingerprint density at radius 1 is 1.09 bits per heavy atom. The van der Waals surface area contributed by atoms with Crippen molar-refractivity contribution in [2.75, 3.05) is 24.4 Å². The largest absolute Gasteiger partial charge is 0.497 e. The zero-order valence-electron chi connectivity index (χ0n) is 24.5. The summed E-state index contributed by atoms with van der Waals surface area (Å²) in [6, 6.07) is 10.4. The molecule has 0 saturated heterocycles. The molecule has 0 radical (unpaired) electrons. The number of nitrogens with zero attached hydrogens (tertiary/aromatic N) is 5. The van der Waals surface area contributed by atoms with Gasteiger partial charge in [0, 0.05) is 11.3 Å². The highest BCUT2D eigenvalue weighted by molar-refractivity contribution is 6.22. The van der Waals surface area contributed by atoms with Crippen LogP contribution in [0.2, 0.25) is 0 Å². The maximum absolute atomic E-state index is 13.6. The van der Waals surface area contributed by atoms with Crippen molar-refractivity contribution in [3.63, 3.8) is 0 Å². The lowest BCUT2D eigenvalue weighted by atomic mass is 9.91. The molecule has 1 saturated carbocycles. The minimum atomic E-state index is -1.34. The van der Waals surface area contributed by atoms with Crippen LogP contribution in [0.25, 0.3) is 10.9 Å². The number of carbonyl (C=O) groups excluding carboxylic acids is 2. The molecule has 1 fully saturated rings. The summed E-state index contributed by atoms with van der Waals surface area (Å²) in [5, 5.41) is 18.2. The molecule has 2 amide bonds. The molecular formula is C30H30N6O7. The van der Waals surface area contributed by atoms with Crippen LogP contribution in [0, 0.1) is 6.92 Å². The Morgan fingerprint density at radius 3 is 2.53 bits per heavy atom. The molecule has 13 heteroatoms. The third kappa shape index (κ3) is 4.47. The third-order valence-electron chi connectivity index (χ3n) is 7.67.